The summed E-state index contributed by atoms with van der Waals surface area (Å²) in [5.74, 6) is 0.649. The van der Waals surface area contributed by atoms with Crippen molar-refractivity contribution in [2.75, 3.05) is 10.6 Å². The van der Waals surface area contributed by atoms with Crippen LogP contribution < -0.4 is 10.6 Å². The molecule has 1 heterocycles. The molecule has 5 heteroatoms. The topological polar surface area (TPSA) is 67.2 Å². The Morgan fingerprint density at radius 3 is 2.62 bits per heavy atom. The normalized spacial score (nSPS) is 10.5. The zero-order valence-electron chi connectivity index (χ0n) is 15.1. The number of amides is 1. The molecule has 0 radical (unpaired) electrons. The standard InChI is InChI=1S/C21H23N3O2/c1-3-8-20(25)24-19-12-7-11-18(15(19)2)22-13-17-14-26-21(23-17)16-9-5-4-6-10-16/h4-7,9-12,14,22H,3,8,13H2,1-2H3,(H,24,25). The second-order valence-electron chi connectivity index (χ2n) is 6.14. The van der Waals surface area contributed by atoms with Crippen molar-refractivity contribution in [2.45, 2.75) is 33.2 Å². The lowest BCUT2D eigenvalue weighted by Crippen LogP contribution is -2.12. The molecule has 0 aliphatic heterocycles. The third kappa shape index (κ3) is 4.30. The monoisotopic (exact) mass is 349 g/mol. The number of rotatable bonds is 7. The van der Waals surface area contributed by atoms with E-state index in [1.54, 1.807) is 6.26 Å². The fourth-order valence-corrected chi connectivity index (χ4v) is 2.69. The molecule has 0 aliphatic carbocycles. The second kappa shape index (κ2) is 8.34. The number of carbonyl (C=O) groups is 1. The summed E-state index contributed by atoms with van der Waals surface area (Å²) in [5.41, 5.74) is 4.57. The van der Waals surface area contributed by atoms with Crippen LogP contribution in [0.2, 0.25) is 0 Å². The third-order valence-corrected chi connectivity index (χ3v) is 4.12. The quantitative estimate of drug-likeness (QED) is 0.630. The van der Waals surface area contributed by atoms with Crippen LogP contribution in [-0.4, -0.2) is 10.9 Å². The summed E-state index contributed by atoms with van der Waals surface area (Å²) in [6.07, 6.45) is 3.02. The summed E-state index contributed by atoms with van der Waals surface area (Å²) in [7, 11) is 0. The third-order valence-electron chi connectivity index (χ3n) is 4.12. The summed E-state index contributed by atoms with van der Waals surface area (Å²) in [4.78, 5) is 16.4. The van der Waals surface area contributed by atoms with Crippen molar-refractivity contribution in [3.8, 4) is 11.5 Å². The molecule has 0 saturated carbocycles. The number of hydrogen-bond donors (Lipinski definition) is 2. The molecule has 1 aromatic heterocycles. The van der Waals surface area contributed by atoms with Crippen molar-refractivity contribution in [3.63, 3.8) is 0 Å². The molecule has 26 heavy (non-hydrogen) atoms. The van der Waals surface area contributed by atoms with E-state index in [-0.39, 0.29) is 5.91 Å². The average molecular weight is 349 g/mol. The van der Waals surface area contributed by atoms with Gasteiger partial charge < -0.3 is 15.1 Å². The lowest BCUT2D eigenvalue weighted by Gasteiger charge is -2.13. The first kappa shape index (κ1) is 17.7. The van der Waals surface area contributed by atoms with E-state index in [2.05, 4.69) is 15.6 Å². The molecule has 2 aromatic carbocycles. The molecular weight excluding hydrogens is 326 g/mol. The number of aromatic nitrogens is 1. The lowest BCUT2D eigenvalue weighted by atomic mass is 10.1. The summed E-state index contributed by atoms with van der Waals surface area (Å²) < 4.78 is 5.56. The van der Waals surface area contributed by atoms with E-state index in [0.29, 0.717) is 18.9 Å². The van der Waals surface area contributed by atoms with Crippen molar-refractivity contribution in [2.24, 2.45) is 0 Å². The van der Waals surface area contributed by atoms with Gasteiger partial charge in [0.25, 0.3) is 0 Å². The number of hydrogen-bond acceptors (Lipinski definition) is 4. The Morgan fingerprint density at radius 2 is 1.85 bits per heavy atom. The highest BCUT2D eigenvalue weighted by atomic mass is 16.3. The minimum atomic E-state index is 0.0387. The number of benzene rings is 2. The first-order valence-electron chi connectivity index (χ1n) is 8.80. The van der Waals surface area contributed by atoms with Gasteiger partial charge in [-0.15, -0.1) is 0 Å². The van der Waals surface area contributed by atoms with Crippen molar-refractivity contribution in [3.05, 3.63) is 66.1 Å². The molecule has 0 fully saturated rings. The molecule has 3 rings (SSSR count). The van der Waals surface area contributed by atoms with Gasteiger partial charge in [-0.1, -0.05) is 31.2 Å². The Balaban J connectivity index is 1.67. The summed E-state index contributed by atoms with van der Waals surface area (Å²) in [6.45, 7) is 4.53. The molecule has 2 N–H and O–H groups in total. The van der Waals surface area contributed by atoms with E-state index in [0.717, 1.165) is 34.6 Å². The van der Waals surface area contributed by atoms with Crippen LogP contribution in [-0.2, 0) is 11.3 Å². The molecule has 0 bridgehead atoms. The molecule has 0 aliphatic rings. The van der Waals surface area contributed by atoms with Crippen molar-refractivity contribution in [1.29, 1.82) is 0 Å². The first-order valence-corrected chi connectivity index (χ1v) is 8.80. The summed E-state index contributed by atoms with van der Waals surface area (Å²) in [6, 6.07) is 15.6. The van der Waals surface area contributed by atoms with Crippen molar-refractivity contribution >= 4 is 17.3 Å². The highest BCUT2D eigenvalue weighted by Crippen LogP contribution is 2.24. The van der Waals surface area contributed by atoms with Gasteiger partial charge in [-0.3, -0.25) is 4.79 Å². The predicted molar refractivity (Wildman–Crippen MR) is 104 cm³/mol. The molecule has 1 amide bonds. The average Bonchev–Trinajstić information content (AvgIpc) is 3.12. The van der Waals surface area contributed by atoms with Crippen LogP contribution in [0.4, 0.5) is 11.4 Å². The fraction of sp³-hybridized carbons (Fsp3) is 0.238. The van der Waals surface area contributed by atoms with Gasteiger partial charge in [-0.2, -0.15) is 0 Å². The van der Waals surface area contributed by atoms with Crippen LogP contribution in [0.25, 0.3) is 11.5 Å². The number of oxazole rings is 1. The van der Waals surface area contributed by atoms with E-state index < -0.39 is 0 Å². The van der Waals surface area contributed by atoms with Gasteiger partial charge in [-0.25, -0.2) is 4.98 Å². The van der Waals surface area contributed by atoms with Crippen LogP contribution in [0.1, 0.15) is 31.0 Å². The first-order chi connectivity index (χ1) is 12.7. The van der Waals surface area contributed by atoms with Gasteiger partial charge in [0.15, 0.2) is 0 Å². The molecule has 5 nitrogen and oxygen atoms in total. The van der Waals surface area contributed by atoms with Gasteiger partial charge in [0.05, 0.1) is 12.2 Å². The molecule has 0 saturated heterocycles. The minimum Gasteiger partial charge on any atom is -0.444 e. The number of carbonyl (C=O) groups excluding carboxylic acids is 1. The van der Waals surface area contributed by atoms with Crippen LogP contribution in [0.5, 0.6) is 0 Å². The molecule has 0 unspecified atom stereocenters. The maximum Gasteiger partial charge on any atom is 0.226 e. The van der Waals surface area contributed by atoms with E-state index in [4.69, 9.17) is 4.42 Å². The van der Waals surface area contributed by atoms with E-state index >= 15 is 0 Å². The Morgan fingerprint density at radius 1 is 1.08 bits per heavy atom. The van der Waals surface area contributed by atoms with Crippen LogP contribution >= 0.6 is 0 Å². The number of nitrogens with zero attached hydrogens (tertiary/aromatic N) is 1. The fourth-order valence-electron chi connectivity index (χ4n) is 2.69. The molecule has 0 spiro atoms. The van der Waals surface area contributed by atoms with Gasteiger partial charge >= 0.3 is 0 Å². The van der Waals surface area contributed by atoms with E-state index in [9.17, 15) is 4.79 Å². The van der Waals surface area contributed by atoms with Crippen molar-refractivity contribution in [1.82, 2.24) is 4.98 Å². The lowest BCUT2D eigenvalue weighted by molar-refractivity contribution is -0.116. The second-order valence-corrected chi connectivity index (χ2v) is 6.14. The molecule has 3 aromatic rings. The zero-order valence-corrected chi connectivity index (χ0v) is 15.1. The van der Waals surface area contributed by atoms with Gasteiger partial charge in [0, 0.05) is 23.4 Å². The summed E-state index contributed by atoms with van der Waals surface area (Å²) >= 11 is 0. The Bertz CT molecular complexity index is 872. The van der Waals surface area contributed by atoms with E-state index in [1.165, 1.54) is 0 Å². The van der Waals surface area contributed by atoms with Crippen molar-refractivity contribution < 1.29 is 9.21 Å². The van der Waals surface area contributed by atoms with Gasteiger partial charge in [-0.05, 0) is 43.2 Å². The maximum atomic E-state index is 11.8. The largest absolute Gasteiger partial charge is 0.444 e. The van der Waals surface area contributed by atoms with E-state index in [1.807, 2.05) is 62.4 Å². The zero-order chi connectivity index (χ0) is 18.4. The Labute approximate surface area is 153 Å². The van der Waals surface area contributed by atoms with Gasteiger partial charge in [0.1, 0.15) is 6.26 Å². The van der Waals surface area contributed by atoms with Crippen LogP contribution in [0.15, 0.2) is 59.2 Å². The smallest absolute Gasteiger partial charge is 0.226 e. The molecular formula is C21H23N3O2. The van der Waals surface area contributed by atoms with Gasteiger partial charge in [0.2, 0.25) is 11.8 Å². The molecule has 134 valence electrons. The maximum absolute atomic E-state index is 11.8. The summed E-state index contributed by atoms with van der Waals surface area (Å²) in [5, 5.41) is 6.33. The van der Waals surface area contributed by atoms with Crippen LogP contribution in [0, 0.1) is 6.92 Å². The van der Waals surface area contributed by atoms with Crippen LogP contribution in [0.3, 0.4) is 0 Å². The Kier molecular flexibility index (Phi) is 5.69. The highest BCUT2D eigenvalue weighted by molar-refractivity contribution is 5.92. The minimum absolute atomic E-state index is 0.0387. The number of nitrogens with one attached hydrogen (secondary N) is 2. The highest BCUT2D eigenvalue weighted by Gasteiger charge is 2.09. The SMILES string of the molecule is CCCC(=O)Nc1cccc(NCc2coc(-c3ccccc3)n2)c1C. The predicted octanol–water partition coefficient (Wildman–Crippen LogP) is 5.00. The number of anilines is 2. The Hall–Kier alpha value is -3.08. The molecule has 0 atom stereocenters.